The molecular weight excluding hydrogens is 362 g/mol. The first-order valence-electron chi connectivity index (χ1n) is 9.24. The number of benzene rings is 1. The molecule has 3 aromatic rings. The van der Waals surface area contributed by atoms with Crippen LogP contribution in [-0.4, -0.2) is 20.5 Å². The quantitative estimate of drug-likeness (QED) is 0.578. The Morgan fingerprint density at radius 1 is 1.19 bits per heavy atom. The van der Waals surface area contributed by atoms with Crippen LogP contribution >= 0.6 is 11.6 Å². The molecule has 2 heterocycles. The molecule has 0 aliphatic carbocycles. The monoisotopic (exact) mass is 385 g/mol. The van der Waals surface area contributed by atoms with Crippen LogP contribution in [0.3, 0.4) is 0 Å². The van der Waals surface area contributed by atoms with Gasteiger partial charge in [0.1, 0.15) is 5.75 Å². The third-order valence-corrected chi connectivity index (χ3v) is 4.76. The summed E-state index contributed by atoms with van der Waals surface area (Å²) in [4.78, 5) is 11.9. The zero-order chi connectivity index (χ0) is 19.4. The Labute approximate surface area is 164 Å². The van der Waals surface area contributed by atoms with Gasteiger partial charge in [-0.1, -0.05) is 25.4 Å². The first-order chi connectivity index (χ1) is 13.0. The highest BCUT2D eigenvalue weighted by atomic mass is 35.5. The molecule has 0 aliphatic heterocycles. The number of aryl methyl sites for hydroxylation is 1. The van der Waals surface area contributed by atoms with Gasteiger partial charge in [-0.05, 0) is 44.0 Å². The summed E-state index contributed by atoms with van der Waals surface area (Å²) in [5.41, 5.74) is 2.62. The van der Waals surface area contributed by atoms with E-state index in [1.165, 1.54) is 0 Å². The van der Waals surface area contributed by atoms with Crippen molar-refractivity contribution >= 4 is 11.6 Å². The van der Waals surface area contributed by atoms with Crippen molar-refractivity contribution in [3.63, 3.8) is 0 Å². The van der Waals surface area contributed by atoms with E-state index in [1.54, 1.807) is 27.6 Å². The maximum Gasteiger partial charge on any atom is 0.250 e. The lowest BCUT2D eigenvalue weighted by molar-refractivity contribution is 0.217. The van der Waals surface area contributed by atoms with Crippen molar-refractivity contribution in [2.75, 3.05) is 0 Å². The standard InChI is InChI=1S/C21H24ClN3O2/c1-4-10-24-14-17(6-9-21(24)26)25-13-16(12-23-25)19-8-7-18(11-20(19)22)27-15(3)5-2/h6-9,11-15H,4-5,10H2,1-3H3/t15-/m1/s1. The second-order valence-corrected chi connectivity index (χ2v) is 6.98. The second-order valence-electron chi connectivity index (χ2n) is 6.57. The van der Waals surface area contributed by atoms with E-state index in [-0.39, 0.29) is 11.7 Å². The Balaban J connectivity index is 1.88. The van der Waals surface area contributed by atoms with Crippen LogP contribution in [0.1, 0.15) is 33.6 Å². The van der Waals surface area contributed by atoms with Gasteiger partial charge in [0.05, 0.1) is 23.0 Å². The van der Waals surface area contributed by atoms with E-state index < -0.39 is 0 Å². The normalized spacial score (nSPS) is 12.1. The number of pyridine rings is 1. The highest BCUT2D eigenvalue weighted by Crippen LogP contribution is 2.31. The van der Waals surface area contributed by atoms with Gasteiger partial charge in [0, 0.05) is 36.1 Å². The summed E-state index contributed by atoms with van der Waals surface area (Å²) in [6, 6.07) is 9.05. The number of hydrogen-bond acceptors (Lipinski definition) is 3. The van der Waals surface area contributed by atoms with Crippen LogP contribution in [0.25, 0.3) is 16.8 Å². The molecule has 3 rings (SSSR count). The Morgan fingerprint density at radius 3 is 2.70 bits per heavy atom. The van der Waals surface area contributed by atoms with Gasteiger partial charge in [0.25, 0.3) is 5.56 Å². The molecule has 0 amide bonds. The van der Waals surface area contributed by atoms with Gasteiger partial charge in [-0.15, -0.1) is 0 Å². The van der Waals surface area contributed by atoms with Crippen LogP contribution in [0.5, 0.6) is 5.75 Å². The van der Waals surface area contributed by atoms with Gasteiger partial charge in [-0.25, -0.2) is 4.68 Å². The van der Waals surface area contributed by atoms with Crippen molar-refractivity contribution in [1.82, 2.24) is 14.3 Å². The van der Waals surface area contributed by atoms with Crippen molar-refractivity contribution in [3.8, 4) is 22.6 Å². The zero-order valence-corrected chi connectivity index (χ0v) is 16.6. The number of aromatic nitrogens is 3. The molecule has 1 aromatic carbocycles. The summed E-state index contributed by atoms with van der Waals surface area (Å²) in [7, 11) is 0. The molecule has 1 atom stereocenters. The Bertz CT molecular complexity index is 978. The highest BCUT2D eigenvalue weighted by Gasteiger charge is 2.10. The van der Waals surface area contributed by atoms with Gasteiger partial charge >= 0.3 is 0 Å². The number of rotatable bonds is 7. The molecule has 0 bridgehead atoms. The van der Waals surface area contributed by atoms with Crippen LogP contribution in [0.15, 0.2) is 53.7 Å². The summed E-state index contributed by atoms with van der Waals surface area (Å²) in [5.74, 6) is 0.761. The molecule has 0 saturated carbocycles. The Hall–Kier alpha value is -2.53. The molecule has 5 nitrogen and oxygen atoms in total. The van der Waals surface area contributed by atoms with Gasteiger partial charge in [0.2, 0.25) is 0 Å². The van der Waals surface area contributed by atoms with Gasteiger partial charge < -0.3 is 9.30 Å². The molecule has 0 radical (unpaired) electrons. The van der Waals surface area contributed by atoms with Gasteiger partial charge in [0.15, 0.2) is 0 Å². The topological polar surface area (TPSA) is 49.0 Å². The minimum Gasteiger partial charge on any atom is -0.491 e. The summed E-state index contributed by atoms with van der Waals surface area (Å²) in [6.45, 7) is 6.84. The van der Waals surface area contributed by atoms with Crippen molar-refractivity contribution in [3.05, 3.63) is 64.3 Å². The highest BCUT2D eigenvalue weighted by molar-refractivity contribution is 6.33. The van der Waals surface area contributed by atoms with E-state index in [4.69, 9.17) is 16.3 Å². The van der Waals surface area contributed by atoms with Crippen LogP contribution in [-0.2, 0) is 6.54 Å². The SMILES string of the molecule is CCCn1cc(-n2cc(-c3ccc(O[C@H](C)CC)cc3Cl)cn2)ccc1=O. The lowest BCUT2D eigenvalue weighted by Gasteiger charge is -2.13. The smallest absolute Gasteiger partial charge is 0.250 e. The van der Waals surface area contributed by atoms with Crippen molar-refractivity contribution < 1.29 is 4.74 Å². The van der Waals surface area contributed by atoms with E-state index >= 15 is 0 Å². The Kier molecular flexibility index (Phi) is 6.01. The second kappa shape index (κ2) is 8.44. The molecule has 0 unspecified atom stereocenters. The first-order valence-corrected chi connectivity index (χ1v) is 9.61. The van der Waals surface area contributed by atoms with Gasteiger partial charge in [-0.3, -0.25) is 4.79 Å². The summed E-state index contributed by atoms with van der Waals surface area (Å²) >= 11 is 6.47. The minimum absolute atomic E-state index is 0.00656. The van der Waals surface area contributed by atoms with E-state index in [2.05, 4.69) is 12.0 Å². The predicted molar refractivity (Wildman–Crippen MR) is 109 cm³/mol. The average Bonchev–Trinajstić information content (AvgIpc) is 3.13. The van der Waals surface area contributed by atoms with E-state index in [1.807, 2.05) is 44.4 Å². The molecule has 0 spiro atoms. The number of halogens is 1. The fourth-order valence-electron chi connectivity index (χ4n) is 2.79. The Morgan fingerprint density at radius 2 is 2.00 bits per heavy atom. The number of nitrogens with zero attached hydrogens (tertiary/aromatic N) is 3. The average molecular weight is 386 g/mol. The zero-order valence-electron chi connectivity index (χ0n) is 15.9. The lowest BCUT2D eigenvalue weighted by atomic mass is 10.1. The van der Waals surface area contributed by atoms with E-state index in [0.717, 1.165) is 35.4 Å². The number of hydrogen-bond donors (Lipinski definition) is 0. The minimum atomic E-state index is -0.00656. The maximum absolute atomic E-state index is 11.9. The predicted octanol–water partition coefficient (Wildman–Crippen LogP) is 4.94. The van der Waals surface area contributed by atoms with Crippen molar-refractivity contribution in [2.45, 2.75) is 46.3 Å². The molecule has 27 heavy (non-hydrogen) atoms. The van der Waals surface area contributed by atoms with E-state index in [0.29, 0.717) is 11.6 Å². The molecule has 6 heteroatoms. The van der Waals surface area contributed by atoms with E-state index in [9.17, 15) is 4.79 Å². The van der Waals surface area contributed by atoms with Crippen LogP contribution in [0.4, 0.5) is 0 Å². The molecule has 0 fully saturated rings. The summed E-state index contributed by atoms with van der Waals surface area (Å²) in [6.07, 6.45) is 7.49. The molecule has 0 N–H and O–H groups in total. The molecule has 2 aromatic heterocycles. The van der Waals surface area contributed by atoms with Gasteiger partial charge in [-0.2, -0.15) is 5.10 Å². The van der Waals surface area contributed by atoms with Crippen LogP contribution < -0.4 is 10.3 Å². The third kappa shape index (κ3) is 4.42. The van der Waals surface area contributed by atoms with Crippen LogP contribution in [0.2, 0.25) is 5.02 Å². The van der Waals surface area contributed by atoms with Crippen molar-refractivity contribution in [2.24, 2.45) is 0 Å². The molecule has 142 valence electrons. The molecule has 0 saturated heterocycles. The summed E-state index contributed by atoms with van der Waals surface area (Å²) < 4.78 is 9.27. The fraction of sp³-hybridized carbons (Fsp3) is 0.333. The molecule has 0 aliphatic rings. The molecular formula is C21H24ClN3O2. The lowest BCUT2D eigenvalue weighted by Crippen LogP contribution is -2.19. The third-order valence-electron chi connectivity index (χ3n) is 4.44. The first kappa shape index (κ1) is 19.2. The largest absolute Gasteiger partial charge is 0.491 e. The van der Waals surface area contributed by atoms with Crippen LogP contribution in [0, 0.1) is 0 Å². The van der Waals surface area contributed by atoms with Crippen molar-refractivity contribution in [1.29, 1.82) is 0 Å². The number of ether oxygens (including phenoxy) is 1. The maximum atomic E-state index is 11.9. The summed E-state index contributed by atoms with van der Waals surface area (Å²) in [5, 5.41) is 5.05. The fourth-order valence-corrected chi connectivity index (χ4v) is 3.07.